The van der Waals surface area contributed by atoms with Crippen LogP contribution in [0.3, 0.4) is 0 Å². The topological polar surface area (TPSA) is 63.9 Å². The lowest BCUT2D eigenvalue weighted by atomic mass is 9.96. The lowest BCUT2D eigenvalue weighted by molar-refractivity contribution is -0.139. The smallest absolute Gasteiger partial charge is 0.338 e. The molecule has 0 spiro atoms. The average Bonchev–Trinajstić information content (AvgIpc) is 3.15. The minimum Gasteiger partial charge on any atom is -0.463 e. The molecule has 0 saturated carbocycles. The number of rotatable bonds is 7. The summed E-state index contributed by atoms with van der Waals surface area (Å²) < 4.78 is 7.42. The van der Waals surface area contributed by atoms with Gasteiger partial charge in [0.05, 0.1) is 22.4 Å². The molecule has 1 aromatic heterocycles. The minimum atomic E-state index is -0.716. The molecule has 0 fully saturated rings. The first kappa shape index (κ1) is 24.9. The van der Waals surface area contributed by atoms with Crippen LogP contribution in [0.4, 0.5) is 5.69 Å². The van der Waals surface area contributed by atoms with Crippen molar-refractivity contribution in [2.24, 2.45) is 4.99 Å². The highest BCUT2D eigenvalue weighted by molar-refractivity contribution is 7.07. The van der Waals surface area contributed by atoms with Gasteiger partial charge in [-0.05, 0) is 63.1 Å². The zero-order valence-corrected chi connectivity index (χ0v) is 21.8. The number of aromatic nitrogens is 1. The van der Waals surface area contributed by atoms with Crippen LogP contribution in [0.25, 0.3) is 6.08 Å². The van der Waals surface area contributed by atoms with Crippen molar-refractivity contribution >= 4 is 40.7 Å². The highest BCUT2D eigenvalue weighted by Crippen LogP contribution is 2.34. The maximum Gasteiger partial charge on any atom is 0.338 e. The Morgan fingerprint density at radius 3 is 2.46 bits per heavy atom. The third-order valence-corrected chi connectivity index (χ3v) is 7.36. The Morgan fingerprint density at radius 1 is 1.14 bits per heavy atom. The third-order valence-electron chi connectivity index (χ3n) is 6.04. The van der Waals surface area contributed by atoms with Crippen molar-refractivity contribution in [1.82, 2.24) is 4.57 Å². The molecule has 0 N–H and O–H groups in total. The Labute approximate surface area is 213 Å². The van der Waals surface area contributed by atoms with Gasteiger partial charge < -0.3 is 9.64 Å². The molecule has 2 heterocycles. The first-order valence-corrected chi connectivity index (χ1v) is 12.9. The Hall–Kier alpha value is -3.16. The summed E-state index contributed by atoms with van der Waals surface area (Å²) in [7, 11) is 0. The van der Waals surface area contributed by atoms with E-state index in [0.717, 1.165) is 24.3 Å². The molecule has 0 amide bonds. The molecule has 3 aromatic rings. The van der Waals surface area contributed by atoms with Gasteiger partial charge in [0.1, 0.15) is 6.04 Å². The van der Waals surface area contributed by atoms with E-state index < -0.39 is 12.0 Å². The van der Waals surface area contributed by atoms with Crippen molar-refractivity contribution in [2.45, 2.75) is 33.7 Å². The number of anilines is 1. The Morgan fingerprint density at radius 2 is 1.83 bits per heavy atom. The van der Waals surface area contributed by atoms with E-state index in [1.807, 2.05) is 36.4 Å². The number of nitrogens with zero attached hydrogens (tertiary/aromatic N) is 3. The van der Waals surface area contributed by atoms with Crippen molar-refractivity contribution in [2.75, 3.05) is 24.6 Å². The Balaban J connectivity index is 1.87. The highest BCUT2D eigenvalue weighted by Gasteiger charge is 2.34. The van der Waals surface area contributed by atoms with Gasteiger partial charge in [0.25, 0.3) is 5.56 Å². The molecular weight excluding hydrogens is 482 g/mol. The van der Waals surface area contributed by atoms with Gasteiger partial charge in [-0.1, -0.05) is 53.3 Å². The van der Waals surface area contributed by atoms with Crippen LogP contribution in [-0.4, -0.2) is 30.2 Å². The standard InChI is InChI=1S/C27H28ClN3O3S/c1-5-30(6-2)19-14-12-18(13-15-19)16-22-25(32)31-24(20-10-8-9-11-21(20)28)23(26(33)34-7-3)17(4)29-27(31)35-22/h8-16,24H,5-7H2,1-4H3/b22-16+/t24-/m1/s1. The molecule has 0 saturated heterocycles. The number of thiazole rings is 1. The lowest BCUT2D eigenvalue weighted by Gasteiger charge is -2.25. The molecule has 1 atom stereocenters. The van der Waals surface area contributed by atoms with E-state index in [2.05, 4.69) is 35.9 Å². The van der Waals surface area contributed by atoms with Gasteiger partial charge in [0.15, 0.2) is 4.80 Å². The molecule has 6 nitrogen and oxygen atoms in total. The number of fused-ring (bicyclic) bond motifs is 1. The van der Waals surface area contributed by atoms with Crippen molar-refractivity contribution in [3.63, 3.8) is 0 Å². The summed E-state index contributed by atoms with van der Waals surface area (Å²) in [5.74, 6) is -0.500. The molecule has 1 aliphatic rings. The molecule has 4 rings (SSSR count). The molecule has 8 heteroatoms. The zero-order chi connectivity index (χ0) is 25.1. The van der Waals surface area contributed by atoms with E-state index >= 15 is 0 Å². The van der Waals surface area contributed by atoms with E-state index in [-0.39, 0.29) is 12.2 Å². The fourth-order valence-electron chi connectivity index (χ4n) is 4.30. The van der Waals surface area contributed by atoms with Gasteiger partial charge in [0.2, 0.25) is 0 Å². The number of allylic oxidation sites excluding steroid dienone is 1. The first-order valence-electron chi connectivity index (χ1n) is 11.7. The summed E-state index contributed by atoms with van der Waals surface area (Å²) in [6, 6.07) is 14.7. The monoisotopic (exact) mass is 509 g/mol. The fraction of sp³-hybridized carbons (Fsp3) is 0.296. The second-order valence-corrected chi connectivity index (χ2v) is 9.50. The molecule has 0 radical (unpaired) electrons. The van der Waals surface area contributed by atoms with E-state index in [0.29, 0.717) is 31.2 Å². The highest BCUT2D eigenvalue weighted by atomic mass is 35.5. The number of ether oxygens (including phenoxy) is 1. The van der Waals surface area contributed by atoms with Crippen LogP contribution in [-0.2, 0) is 9.53 Å². The number of carbonyl (C=O) groups is 1. The number of carbonyl (C=O) groups excluding carboxylic acids is 1. The molecule has 0 unspecified atom stereocenters. The average molecular weight is 510 g/mol. The molecular formula is C27H28ClN3O3S. The van der Waals surface area contributed by atoms with Crippen molar-refractivity contribution < 1.29 is 9.53 Å². The number of esters is 1. The molecule has 2 aromatic carbocycles. The third kappa shape index (κ3) is 4.83. The maximum absolute atomic E-state index is 13.7. The van der Waals surface area contributed by atoms with Crippen LogP contribution < -0.4 is 19.8 Å². The summed E-state index contributed by atoms with van der Waals surface area (Å²) in [6.45, 7) is 9.84. The van der Waals surface area contributed by atoms with Gasteiger partial charge in [-0.15, -0.1) is 0 Å². The first-order chi connectivity index (χ1) is 16.9. The van der Waals surface area contributed by atoms with Crippen LogP contribution in [0, 0.1) is 0 Å². The lowest BCUT2D eigenvalue weighted by Crippen LogP contribution is -2.40. The Kier molecular flexibility index (Phi) is 7.57. The van der Waals surface area contributed by atoms with Gasteiger partial charge in [-0.2, -0.15) is 0 Å². The largest absolute Gasteiger partial charge is 0.463 e. The Bertz CT molecular complexity index is 1450. The SMILES string of the molecule is CCOC(=O)C1=C(C)N=c2s/c(=C/c3ccc(N(CC)CC)cc3)c(=O)n2[C@@H]1c1ccccc1Cl. The van der Waals surface area contributed by atoms with E-state index in [4.69, 9.17) is 16.3 Å². The second kappa shape index (κ2) is 10.6. The van der Waals surface area contributed by atoms with Crippen LogP contribution in [0.5, 0.6) is 0 Å². The summed E-state index contributed by atoms with van der Waals surface area (Å²) in [5, 5.41) is 0.468. The second-order valence-electron chi connectivity index (χ2n) is 8.09. The summed E-state index contributed by atoms with van der Waals surface area (Å²) in [5.41, 5.74) is 3.33. The molecule has 0 bridgehead atoms. The van der Waals surface area contributed by atoms with Gasteiger partial charge in [-0.25, -0.2) is 9.79 Å². The predicted octanol–water partition coefficient (Wildman–Crippen LogP) is 4.30. The number of hydrogen-bond donors (Lipinski definition) is 0. The molecule has 182 valence electrons. The number of hydrogen-bond acceptors (Lipinski definition) is 6. The van der Waals surface area contributed by atoms with E-state index in [9.17, 15) is 9.59 Å². The normalized spacial score (nSPS) is 15.6. The van der Waals surface area contributed by atoms with Gasteiger partial charge in [-0.3, -0.25) is 9.36 Å². The van der Waals surface area contributed by atoms with Gasteiger partial charge in [0, 0.05) is 23.8 Å². The quantitative estimate of drug-likeness (QED) is 0.445. The van der Waals surface area contributed by atoms with Crippen LogP contribution >= 0.6 is 22.9 Å². The summed E-state index contributed by atoms with van der Waals surface area (Å²) in [6.07, 6.45) is 1.86. The fourth-order valence-corrected chi connectivity index (χ4v) is 5.59. The molecule has 1 aliphatic heterocycles. The van der Waals surface area contributed by atoms with Crippen LogP contribution in [0.1, 0.15) is 44.9 Å². The predicted molar refractivity (Wildman–Crippen MR) is 142 cm³/mol. The van der Waals surface area contributed by atoms with Crippen LogP contribution in [0.15, 0.2) is 69.6 Å². The van der Waals surface area contributed by atoms with E-state index in [1.54, 1.807) is 24.5 Å². The van der Waals surface area contributed by atoms with Crippen molar-refractivity contribution in [1.29, 1.82) is 0 Å². The summed E-state index contributed by atoms with van der Waals surface area (Å²) in [4.78, 5) is 34.0. The number of benzene rings is 2. The van der Waals surface area contributed by atoms with Gasteiger partial charge >= 0.3 is 5.97 Å². The van der Waals surface area contributed by atoms with E-state index in [1.165, 1.54) is 11.3 Å². The van der Waals surface area contributed by atoms with Crippen molar-refractivity contribution in [3.8, 4) is 0 Å². The van der Waals surface area contributed by atoms with Crippen LogP contribution in [0.2, 0.25) is 5.02 Å². The van der Waals surface area contributed by atoms with Crippen molar-refractivity contribution in [3.05, 3.63) is 95.6 Å². The minimum absolute atomic E-state index is 0.221. The summed E-state index contributed by atoms with van der Waals surface area (Å²) >= 11 is 7.84. The molecule has 0 aliphatic carbocycles. The molecule has 35 heavy (non-hydrogen) atoms. The zero-order valence-electron chi connectivity index (χ0n) is 20.2. The maximum atomic E-state index is 13.7. The number of halogens is 1.